The van der Waals surface area contributed by atoms with Gasteiger partial charge in [0.1, 0.15) is 11.6 Å². The summed E-state index contributed by atoms with van der Waals surface area (Å²) in [6.45, 7) is 0. The van der Waals surface area contributed by atoms with E-state index < -0.39 is 0 Å². The third-order valence-corrected chi connectivity index (χ3v) is 3.96. The van der Waals surface area contributed by atoms with Gasteiger partial charge >= 0.3 is 0 Å². The molecule has 0 spiro atoms. The van der Waals surface area contributed by atoms with E-state index in [4.69, 9.17) is 33.7 Å². The quantitative estimate of drug-likeness (QED) is 0.699. The molecule has 0 aliphatic rings. The zero-order chi connectivity index (χ0) is 16.4. The van der Waals surface area contributed by atoms with Crippen molar-refractivity contribution in [1.29, 1.82) is 0 Å². The highest BCUT2D eigenvalue weighted by Gasteiger charge is 2.14. The van der Waals surface area contributed by atoms with Gasteiger partial charge in [0.2, 0.25) is 0 Å². The molecule has 0 fully saturated rings. The lowest BCUT2D eigenvalue weighted by molar-refractivity contribution is 0.416. The van der Waals surface area contributed by atoms with Crippen molar-refractivity contribution in [2.75, 3.05) is 12.8 Å². The van der Waals surface area contributed by atoms with Crippen LogP contribution in [0.2, 0.25) is 10.0 Å². The van der Waals surface area contributed by atoms with Gasteiger partial charge in [-0.25, -0.2) is 4.98 Å². The van der Waals surface area contributed by atoms with Crippen LogP contribution in [0.25, 0.3) is 11.4 Å². The van der Waals surface area contributed by atoms with Gasteiger partial charge in [-0.1, -0.05) is 35.3 Å². The van der Waals surface area contributed by atoms with Gasteiger partial charge in [0.05, 0.1) is 23.4 Å². The molecule has 0 atom stereocenters. The standard InChI is InChI=1S/C16H14Cl2N4O/c1-23-14-8-13(19)12(18)7-11(14)16-20-15(21-22-16)6-9-2-4-10(17)5-3-9/h2-5,7-8H,6,19H2,1H3,(H,20,21,22). The molecule has 0 aliphatic heterocycles. The van der Waals surface area contributed by atoms with Crippen LogP contribution in [-0.2, 0) is 6.42 Å². The largest absolute Gasteiger partial charge is 0.496 e. The first-order valence-corrected chi connectivity index (χ1v) is 7.61. The van der Waals surface area contributed by atoms with Crippen LogP contribution in [-0.4, -0.2) is 22.3 Å². The molecule has 0 amide bonds. The Kier molecular flexibility index (Phi) is 4.41. The molecule has 3 N–H and O–H groups in total. The second kappa shape index (κ2) is 6.48. The van der Waals surface area contributed by atoms with Gasteiger partial charge < -0.3 is 10.5 Å². The van der Waals surface area contributed by atoms with Gasteiger partial charge in [0, 0.05) is 17.5 Å². The fourth-order valence-electron chi connectivity index (χ4n) is 2.20. The first kappa shape index (κ1) is 15.6. The number of nitrogen functional groups attached to an aromatic ring is 1. The molecular weight excluding hydrogens is 335 g/mol. The average Bonchev–Trinajstić information content (AvgIpc) is 3.00. The molecule has 2 aromatic carbocycles. The highest BCUT2D eigenvalue weighted by atomic mass is 35.5. The molecule has 3 rings (SSSR count). The fraction of sp³-hybridized carbons (Fsp3) is 0.125. The summed E-state index contributed by atoms with van der Waals surface area (Å²) < 4.78 is 5.33. The Morgan fingerprint density at radius 1 is 1.17 bits per heavy atom. The summed E-state index contributed by atoms with van der Waals surface area (Å²) in [6, 6.07) is 10.9. The summed E-state index contributed by atoms with van der Waals surface area (Å²) in [7, 11) is 1.56. The summed E-state index contributed by atoms with van der Waals surface area (Å²) in [5.74, 6) is 1.81. The first-order valence-electron chi connectivity index (χ1n) is 6.86. The number of benzene rings is 2. The SMILES string of the molecule is COc1cc(N)c(Cl)cc1-c1n[nH]c(Cc2ccc(Cl)cc2)n1. The summed E-state index contributed by atoms with van der Waals surface area (Å²) in [5.41, 5.74) is 8.01. The Labute approximate surface area is 143 Å². The number of hydrogen-bond donors (Lipinski definition) is 2. The minimum atomic E-state index is 0.435. The van der Waals surface area contributed by atoms with E-state index in [0.717, 1.165) is 11.4 Å². The van der Waals surface area contributed by atoms with E-state index in [1.165, 1.54) is 0 Å². The predicted octanol–water partition coefficient (Wildman–Crippen LogP) is 3.96. The normalized spacial score (nSPS) is 10.7. The van der Waals surface area contributed by atoms with Crippen molar-refractivity contribution in [3.05, 3.63) is 57.8 Å². The number of nitrogens with zero attached hydrogens (tertiary/aromatic N) is 2. The number of anilines is 1. The topological polar surface area (TPSA) is 76.8 Å². The number of rotatable bonds is 4. The summed E-state index contributed by atoms with van der Waals surface area (Å²) in [6.07, 6.45) is 0.620. The van der Waals surface area contributed by atoms with Gasteiger partial charge in [-0.05, 0) is 23.8 Å². The number of nitrogens with two attached hydrogens (primary N) is 1. The van der Waals surface area contributed by atoms with Gasteiger partial charge in [-0.2, -0.15) is 5.10 Å². The molecule has 0 saturated carbocycles. The van der Waals surface area contributed by atoms with E-state index >= 15 is 0 Å². The van der Waals surface area contributed by atoms with Crippen molar-refractivity contribution in [1.82, 2.24) is 15.2 Å². The molecule has 0 unspecified atom stereocenters. The van der Waals surface area contributed by atoms with Crippen molar-refractivity contribution in [3.8, 4) is 17.1 Å². The smallest absolute Gasteiger partial charge is 0.184 e. The van der Waals surface area contributed by atoms with E-state index in [2.05, 4.69) is 15.2 Å². The van der Waals surface area contributed by atoms with Crippen molar-refractivity contribution in [3.63, 3.8) is 0 Å². The second-order valence-electron chi connectivity index (χ2n) is 4.98. The minimum absolute atomic E-state index is 0.435. The number of halogens is 2. The highest BCUT2D eigenvalue weighted by molar-refractivity contribution is 6.33. The van der Waals surface area contributed by atoms with Crippen molar-refractivity contribution < 1.29 is 4.74 Å². The lowest BCUT2D eigenvalue weighted by Gasteiger charge is -2.07. The molecular formula is C16H14Cl2N4O. The Morgan fingerprint density at radius 3 is 2.61 bits per heavy atom. The van der Waals surface area contributed by atoms with Crippen molar-refractivity contribution in [2.45, 2.75) is 6.42 Å². The predicted molar refractivity (Wildman–Crippen MR) is 92.1 cm³/mol. The van der Waals surface area contributed by atoms with Gasteiger partial charge in [-0.15, -0.1) is 0 Å². The van der Waals surface area contributed by atoms with E-state index in [1.54, 1.807) is 19.2 Å². The Morgan fingerprint density at radius 2 is 1.91 bits per heavy atom. The molecule has 0 radical (unpaired) electrons. The maximum absolute atomic E-state index is 6.09. The van der Waals surface area contributed by atoms with E-state index in [9.17, 15) is 0 Å². The lowest BCUT2D eigenvalue weighted by Crippen LogP contribution is -1.94. The lowest BCUT2D eigenvalue weighted by atomic mass is 10.1. The number of H-pyrrole nitrogens is 1. The monoisotopic (exact) mass is 348 g/mol. The Balaban J connectivity index is 1.90. The number of aromatic amines is 1. The van der Waals surface area contributed by atoms with Gasteiger partial charge in [0.15, 0.2) is 5.82 Å². The summed E-state index contributed by atoms with van der Waals surface area (Å²) in [4.78, 5) is 4.50. The third kappa shape index (κ3) is 3.41. The second-order valence-corrected chi connectivity index (χ2v) is 5.83. The molecule has 1 aromatic heterocycles. The summed E-state index contributed by atoms with van der Waals surface area (Å²) >= 11 is 12.0. The number of hydrogen-bond acceptors (Lipinski definition) is 4. The third-order valence-electron chi connectivity index (χ3n) is 3.38. The van der Waals surface area contributed by atoms with Crippen LogP contribution in [0.4, 0.5) is 5.69 Å². The number of nitrogens with one attached hydrogen (secondary N) is 1. The maximum Gasteiger partial charge on any atom is 0.184 e. The highest BCUT2D eigenvalue weighted by Crippen LogP contribution is 2.34. The van der Waals surface area contributed by atoms with Crippen LogP contribution in [0.5, 0.6) is 5.75 Å². The zero-order valence-electron chi connectivity index (χ0n) is 12.3. The molecule has 0 bridgehead atoms. The average molecular weight is 349 g/mol. The summed E-state index contributed by atoms with van der Waals surface area (Å²) in [5, 5.41) is 8.30. The van der Waals surface area contributed by atoms with Crippen LogP contribution in [0, 0.1) is 0 Å². The van der Waals surface area contributed by atoms with Crippen LogP contribution >= 0.6 is 23.2 Å². The molecule has 0 aliphatic carbocycles. The van der Waals surface area contributed by atoms with E-state index in [-0.39, 0.29) is 0 Å². The van der Waals surface area contributed by atoms with Crippen LogP contribution in [0.3, 0.4) is 0 Å². The van der Waals surface area contributed by atoms with Crippen LogP contribution < -0.4 is 10.5 Å². The van der Waals surface area contributed by atoms with Gasteiger partial charge in [-0.3, -0.25) is 5.10 Å². The number of methoxy groups -OCH3 is 1. The van der Waals surface area contributed by atoms with Crippen molar-refractivity contribution >= 4 is 28.9 Å². The maximum atomic E-state index is 6.09. The minimum Gasteiger partial charge on any atom is -0.496 e. The van der Waals surface area contributed by atoms with E-state index in [0.29, 0.717) is 39.3 Å². The van der Waals surface area contributed by atoms with Crippen LogP contribution in [0.1, 0.15) is 11.4 Å². The molecule has 5 nitrogen and oxygen atoms in total. The van der Waals surface area contributed by atoms with Gasteiger partial charge in [0.25, 0.3) is 0 Å². The Bertz CT molecular complexity index is 831. The molecule has 7 heteroatoms. The first-order chi connectivity index (χ1) is 11.1. The zero-order valence-corrected chi connectivity index (χ0v) is 13.8. The van der Waals surface area contributed by atoms with E-state index in [1.807, 2.05) is 24.3 Å². The Hall–Kier alpha value is -2.24. The van der Waals surface area contributed by atoms with Crippen molar-refractivity contribution in [2.24, 2.45) is 0 Å². The molecule has 118 valence electrons. The molecule has 23 heavy (non-hydrogen) atoms. The molecule has 0 saturated heterocycles. The molecule has 1 heterocycles. The fourth-order valence-corrected chi connectivity index (χ4v) is 2.49. The molecule has 3 aromatic rings. The number of ether oxygens (including phenoxy) is 1. The van der Waals surface area contributed by atoms with Crippen LogP contribution in [0.15, 0.2) is 36.4 Å². The number of aromatic nitrogens is 3.